The summed E-state index contributed by atoms with van der Waals surface area (Å²) in [5.41, 5.74) is 4.55. The van der Waals surface area contributed by atoms with Gasteiger partial charge >= 0.3 is 0 Å². The van der Waals surface area contributed by atoms with Crippen LogP contribution in [0.4, 0.5) is 0 Å². The molecule has 0 spiro atoms. The van der Waals surface area contributed by atoms with Crippen molar-refractivity contribution in [3.8, 4) is 5.75 Å². The van der Waals surface area contributed by atoms with Crippen LogP contribution in [-0.2, 0) is 17.9 Å². The van der Waals surface area contributed by atoms with Crippen molar-refractivity contribution >= 4 is 17.2 Å². The molecule has 28 heavy (non-hydrogen) atoms. The molecule has 0 saturated carbocycles. The van der Waals surface area contributed by atoms with E-state index in [9.17, 15) is 4.79 Å². The molecule has 5 heteroatoms. The first-order valence-electron chi connectivity index (χ1n) is 10.1. The van der Waals surface area contributed by atoms with E-state index in [1.54, 1.807) is 11.3 Å². The number of carbonyl (C=O) groups excluding carboxylic acids is 1. The Hall–Kier alpha value is -1.88. The molecule has 2 aromatic rings. The number of hydrogen-bond acceptors (Lipinski definition) is 4. The molecule has 2 rings (SSSR count). The maximum absolute atomic E-state index is 12.7. The Morgan fingerprint density at radius 3 is 2.57 bits per heavy atom. The second kappa shape index (κ2) is 10.1. The van der Waals surface area contributed by atoms with Gasteiger partial charge in [0.2, 0.25) is 5.91 Å². The molecule has 4 nitrogen and oxygen atoms in total. The molecule has 0 saturated heterocycles. The predicted octanol–water partition coefficient (Wildman–Crippen LogP) is 5.82. The summed E-state index contributed by atoms with van der Waals surface area (Å²) < 4.78 is 6.04. The van der Waals surface area contributed by atoms with E-state index in [1.165, 1.54) is 16.7 Å². The monoisotopic (exact) mass is 402 g/mol. The number of rotatable bonds is 9. The molecule has 154 valence electrons. The number of carbonyl (C=O) groups is 1. The van der Waals surface area contributed by atoms with E-state index >= 15 is 0 Å². The van der Waals surface area contributed by atoms with Gasteiger partial charge in [-0.2, -0.15) is 0 Å². The van der Waals surface area contributed by atoms with Crippen molar-refractivity contribution < 1.29 is 9.53 Å². The highest BCUT2D eigenvalue weighted by Gasteiger charge is 2.21. The molecule has 1 atom stereocenters. The highest BCUT2D eigenvalue weighted by molar-refractivity contribution is 7.09. The molecule has 0 unspecified atom stereocenters. The largest absolute Gasteiger partial charge is 0.486 e. The average Bonchev–Trinajstić information content (AvgIpc) is 3.07. The van der Waals surface area contributed by atoms with E-state index < -0.39 is 0 Å². The van der Waals surface area contributed by atoms with Gasteiger partial charge in [-0.25, -0.2) is 4.98 Å². The smallest absolute Gasteiger partial charge is 0.223 e. The second-order valence-corrected chi connectivity index (χ2v) is 9.05. The fourth-order valence-corrected chi connectivity index (χ4v) is 3.83. The number of nitrogens with zero attached hydrogens (tertiary/aromatic N) is 2. The van der Waals surface area contributed by atoms with Gasteiger partial charge in [0, 0.05) is 17.8 Å². The Morgan fingerprint density at radius 2 is 1.93 bits per heavy atom. The van der Waals surface area contributed by atoms with E-state index in [1.807, 2.05) is 10.3 Å². The third kappa shape index (κ3) is 6.06. The van der Waals surface area contributed by atoms with Crippen LogP contribution < -0.4 is 4.74 Å². The normalized spacial score (nSPS) is 12.3. The molecule has 0 aliphatic rings. The molecule has 0 aliphatic heterocycles. The van der Waals surface area contributed by atoms with Crippen LogP contribution in [0.1, 0.15) is 67.9 Å². The molecular weight excluding hydrogens is 368 g/mol. The average molecular weight is 403 g/mol. The fourth-order valence-electron chi connectivity index (χ4n) is 3.13. The van der Waals surface area contributed by atoms with Gasteiger partial charge in [-0.05, 0) is 62.8 Å². The van der Waals surface area contributed by atoms with Gasteiger partial charge in [0.25, 0.3) is 0 Å². The van der Waals surface area contributed by atoms with E-state index in [-0.39, 0.29) is 11.9 Å². The summed E-state index contributed by atoms with van der Waals surface area (Å²) in [5, 5.41) is 2.99. The molecule has 0 radical (unpaired) electrons. The Balaban J connectivity index is 2.05. The Morgan fingerprint density at radius 1 is 1.21 bits per heavy atom. The van der Waals surface area contributed by atoms with E-state index in [2.05, 4.69) is 60.6 Å². The topological polar surface area (TPSA) is 42.4 Å². The van der Waals surface area contributed by atoms with Crippen LogP contribution in [0, 0.1) is 26.7 Å². The molecule has 0 aliphatic carbocycles. The third-order valence-corrected chi connectivity index (χ3v) is 5.94. The van der Waals surface area contributed by atoms with Gasteiger partial charge in [0.15, 0.2) is 0 Å². The van der Waals surface area contributed by atoms with Crippen LogP contribution in [0.15, 0.2) is 17.5 Å². The minimum Gasteiger partial charge on any atom is -0.486 e. The zero-order valence-corrected chi connectivity index (χ0v) is 19.2. The number of aromatic nitrogens is 1. The molecular formula is C23H34N2O2S. The van der Waals surface area contributed by atoms with Crippen LogP contribution in [0.3, 0.4) is 0 Å². The van der Waals surface area contributed by atoms with Gasteiger partial charge in [-0.3, -0.25) is 4.79 Å². The predicted molar refractivity (Wildman–Crippen MR) is 117 cm³/mol. The van der Waals surface area contributed by atoms with Crippen molar-refractivity contribution in [3.63, 3.8) is 0 Å². The number of ether oxygens (including phenoxy) is 1. The van der Waals surface area contributed by atoms with Crippen LogP contribution in [0.5, 0.6) is 5.75 Å². The quantitative estimate of drug-likeness (QED) is 0.531. The zero-order valence-electron chi connectivity index (χ0n) is 18.3. The van der Waals surface area contributed by atoms with Gasteiger partial charge in [0.1, 0.15) is 17.4 Å². The standard InChI is InChI=1S/C23H34N2O2S/c1-8-18(6)25(23(26)9-15(2)3)12-20-14-28-22(24-20)13-27-21-11-16(4)10-17(5)19(21)7/h10-11,14-15,18H,8-9,12-13H2,1-7H3/t18-/m1/s1. The molecule has 0 fully saturated rings. The van der Waals surface area contributed by atoms with Crippen molar-refractivity contribution in [3.05, 3.63) is 44.9 Å². The van der Waals surface area contributed by atoms with Gasteiger partial charge in [-0.15, -0.1) is 11.3 Å². The van der Waals surface area contributed by atoms with E-state index in [0.717, 1.165) is 22.9 Å². The summed E-state index contributed by atoms with van der Waals surface area (Å²) in [6.07, 6.45) is 1.52. The molecule has 1 amide bonds. The van der Waals surface area contributed by atoms with Crippen molar-refractivity contribution in [2.75, 3.05) is 0 Å². The van der Waals surface area contributed by atoms with Crippen LogP contribution in [-0.4, -0.2) is 21.8 Å². The highest BCUT2D eigenvalue weighted by Crippen LogP contribution is 2.25. The molecule has 1 aromatic heterocycles. The number of aryl methyl sites for hydroxylation is 2. The van der Waals surface area contributed by atoms with Gasteiger partial charge < -0.3 is 9.64 Å². The number of hydrogen-bond donors (Lipinski definition) is 0. The lowest BCUT2D eigenvalue weighted by atomic mass is 10.1. The minimum absolute atomic E-state index is 0.209. The van der Waals surface area contributed by atoms with Crippen LogP contribution in [0.25, 0.3) is 0 Å². The van der Waals surface area contributed by atoms with Crippen LogP contribution >= 0.6 is 11.3 Å². The summed E-state index contributed by atoms with van der Waals surface area (Å²) in [4.78, 5) is 19.3. The Bertz CT molecular complexity index is 798. The summed E-state index contributed by atoms with van der Waals surface area (Å²) in [7, 11) is 0. The first-order chi connectivity index (χ1) is 13.2. The minimum atomic E-state index is 0.209. The van der Waals surface area contributed by atoms with Crippen molar-refractivity contribution in [1.82, 2.24) is 9.88 Å². The highest BCUT2D eigenvalue weighted by atomic mass is 32.1. The Labute approximate surface area is 173 Å². The SMILES string of the molecule is CC[C@@H](C)N(Cc1csc(COc2cc(C)cc(C)c2C)n1)C(=O)CC(C)C. The third-order valence-electron chi connectivity index (χ3n) is 5.07. The number of amides is 1. The Kier molecular flexibility index (Phi) is 8.05. The number of thiazole rings is 1. The zero-order chi connectivity index (χ0) is 20.8. The molecule has 0 bridgehead atoms. The molecule has 1 heterocycles. The lowest BCUT2D eigenvalue weighted by Gasteiger charge is -2.28. The molecule has 0 N–H and O–H groups in total. The lowest BCUT2D eigenvalue weighted by Crippen LogP contribution is -2.38. The van der Waals surface area contributed by atoms with Crippen molar-refractivity contribution in [2.24, 2.45) is 5.92 Å². The summed E-state index contributed by atoms with van der Waals surface area (Å²) in [6.45, 7) is 15.7. The number of benzene rings is 1. The van der Waals surface area contributed by atoms with Crippen LogP contribution in [0.2, 0.25) is 0 Å². The van der Waals surface area contributed by atoms with E-state index in [0.29, 0.717) is 25.5 Å². The maximum atomic E-state index is 12.7. The fraction of sp³-hybridized carbons (Fsp3) is 0.565. The van der Waals surface area contributed by atoms with Gasteiger partial charge in [0.05, 0.1) is 12.2 Å². The molecule has 1 aromatic carbocycles. The summed E-state index contributed by atoms with van der Waals surface area (Å²) in [6, 6.07) is 4.46. The summed E-state index contributed by atoms with van der Waals surface area (Å²) >= 11 is 1.60. The first kappa shape index (κ1) is 22.4. The van der Waals surface area contributed by atoms with E-state index in [4.69, 9.17) is 9.72 Å². The lowest BCUT2D eigenvalue weighted by molar-refractivity contribution is -0.134. The van der Waals surface area contributed by atoms with Crippen molar-refractivity contribution in [1.29, 1.82) is 0 Å². The summed E-state index contributed by atoms with van der Waals surface area (Å²) in [5.74, 6) is 1.49. The van der Waals surface area contributed by atoms with Gasteiger partial charge in [-0.1, -0.05) is 26.8 Å². The van der Waals surface area contributed by atoms with Crippen molar-refractivity contribution in [2.45, 2.75) is 80.5 Å². The first-order valence-corrected chi connectivity index (χ1v) is 11.0. The second-order valence-electron chi connectivity index (χ2n) is 8.10. The maximum Gasteiger partial charge on any atom is 0.223 e.